The van der Waals surface area contributed by atoms with Gasteiger partial charge in [0.2, 0.25) is 11.1 Å². The van der Waals surface area contributed by atoms with Crippen LogP contribution in [0, 0.1) is 13.8 Å². The second-order valence-corrected chi connectivity index (χ2v) is 7.79. The van der Waals surface area contributed by atoms with Crippen molar-refractivity contribution in [3.63, 3.8) is 0 Å². The Balaban J connectivity index is 1.73. The average Bonchev–Trinajstić information content (AvgIpc) is 3.15. The minimum absolute atomic E-state index is 0.169. The molecule has 1 N–H and O–H groups in total. The van der Waals surface area contributed by atoms with Crippen LogP contribution in [0.15, 0.2) is 41.6 Å². The fourth-order valence-corrected chi connectivity index (χ4v) is 3.62. The van der Waals surface area contributed by atoms with Gasteiger partial charge in [0, 0.05) is 11.8 Å². The molecule has 0 aliphatic carbocycles. The first-order valence-electron chi connectivity index (χ1n) is 8.98. The van der Waals surface area contributed by atoms with E-state index in [2.05, 4.69) is 26.9 Å². The Labute approximate surface area is 173 Å². The van der Waals surface area contributed by atoms with E-state index in [0.29, 0.717) is 22.3 Å². The molecule has 0 radical (unpaired) electrons. The highest BCUT2D eigenvalue weighted by Gasteiger charge is 2.20. The maximum Gasteiger partial charge on any atom is 0.237 e. The predicted octanol–water partition coefficient (Wildman–Crippen LogP) is 3.42. The number of aromatic nitrogens is 4. The lowest BCUT2D eigenvalue weighted by Gasteiger charge is -2.14. The molecule has 1 unspecified atom stereocenters. The van der Waals surface area contributed by atoms with Crippen molar-refractivity contribution in [3.05, 3.63) is 47.5 Å². The summed E-state index contributed by atoms with van der Waals surface area (Å²) in [6.07, 6.45) is 0. The van der Waals surface area contributed by atoms with E-state index < -0.39 is 5.25 Å². The van der Waals surface area contributed by atoms with Gasteiger partial charge < -0.3 is 14.8 Å². The Morgan fingerprint density at radius 2 is 1.86 bits per heavy atom. The first-order valence-corrected chi connectivity index (χ1v) is 9.86. The van der Waals surface area contributed by atoms with E-state index in [1.165, 1.54) is 11.8 Å². The van der Waals surface area contributed by atoms with Crippen molar-refractivity contribution < 1.29 is 14.3 Å². The lowest BCUT2D eigenvalue weighted by atomic mass is 10.1. The van der Waals surface area contributed by atoms with Gasteiger partial charge in [-0.2, -0.15) is 4.68 Å². The number of carbonyl (C=O) groups excluding carboxylic acids is 1. The Kier molecular flexibility index (Phi) is 6.38. The van der Waals surface area contributed by atoms with Gasteiger partial charge in [-0.1, -0.05) is 29.5 Å². The van der Waals surface area contributed by atoms with Crippen LogP contribution in [0.3, 0.4) is 0 Å². The minimum atomic E-state index is -0.418. The first kappa shape index (κ1) is 20.7. The molecule has 8 nitrogen and oxygen atoms in total. The second-order valence-electron chi connectivity index (χ2n) is 6.48. The Morgan fingerprint density at radius 3 is 2.55 bits per heavy atom. The molecule has 1 aromatic heterocycles. The summed E-state index contributed by atoms with van der Waals surface area (Å²) >= 11 is 1.29. The van der Waals surface area contributed by atoms with E-state index in [9.17, 15) is 4.79 Å². The number of nitrogens with one attached hydrogen (secondary N) is 1. The highest BCUT2D eigenvalue weighted by Crippen LogP contribution is 2.30. The van der Waals surface area contributed by atoms with E-state index >= 15 is 0 Å². The number of ether oxygens (including phenoxy) is 2. The quantitative estimate of drug-likeness (QED) is 0.594. The lowest BCUT2D eigenvalue weighted by molar-refractivity contribution is -0.115. The molecule has 3 rings (SSSR count). The van der Waals surface area contributed by atoms with Gasteiger partial charge in [0.25, 0.3) is 0 Å². The van der Waals surface area contributed by atoms with E-state index in [-0.39, 0.29) is 5.91 Å². The SMILES string of the molecule is COc1ccc(NC(=O)C(C)Sc2nnnn2-c2ccc(C)cc2C)cc1OC. The van der Waals surface area contributed by atoms with Gasteiger partial charge in [0.15, 0.2) is 11.5 Å². The average molecular weight is 414 g/mol. The zero-order valence-corrected chi connectivity index (χ0v) is 17.8. The molecule has 0 saturated carbocycles. The zero-order valence-electron chi connectivity index (χ0n) is 17.0. The number of aryl methyl sites for hydroxylation is 2. The number of nitrogens with zero attached hydrogens (tertiary/aromatic N) is 4. The number of hydrogen-bond acceptors (Lipinski definition) is 7. The monoisotopic (exact) mass is 413 g/mol. The summed E-state index contributed by atoms with van der Waals surface area (Å²) in [6, 6.07) is 11.3. The molecule has 0 spiro atoms. The van der Waals surface area contributed by atoms with Gasteiger partial charge >= 0.3 is 0 Å². The lowest BCUT2D eigenvalue weighted by Crippen LogP contribution is -2.23. The molecule has 0 saturated heterocycles. The Morgan fingerprint density at radius 1 is 1.10 bits per heavy atom. The van der Waals surface area contributed by atoms with Crippen LogP contribution in [0.4, 0.5) is 5.69 Å². The van der Waals surface area contributed by atoms with Crippen LogP contribution in [-0.2, 0) is 4.79 Å². The zero-order chi connectivity index (χ0) is 21.0. The number of amides is 1. The third kappa shape index (κ3) is 4.68. The van der Waals surface area contributed by atoms with Crippen LogP contribution < -0.4 is 14.8 Å². The van der Waals surface area contributed by atoms with Gasteiger partial charge in [-0.25, -0.2) is 0 Å². The molecule has 0 bridgehead atoms. The summed E-state index contributed by atoms with van der Waals surface area (Å²) in [5, 5.41) is 15.0. The summed E-state index contributed by atoms with van der Waals surface area (Å²) < 4.78 is 12.1. The number of carbonyl (C=O) groups is 1. The number of hydrogen-bond donors (Lipinski definition) is 1. The molecule has 0 aliphatic heterocycles. The molecule has 0 aliphatic rings. The fraction of sp³-hybridized carbons (Fsp3) is 0.300. The highest BCUT2D eigenvalue weighted by atomic mass is 32.2. The molecular formula is C20H23N5O3S. The molecular weight excluding hydrogens is 390 g/mol. The third-order valence-electron chi connectivity index (χ3n) is 4.32. The van der Waals surface area contributed by atoms with Gasteiger partial charge in [0.05, 0.1) is 25.2 Å². The van der Waals surface area contributed by atoms with E-state index in [1.54, 1.807) is 37.1 Å². The van der Waals surface area contributed by atoms with Crippen molar-refractivity contribution in [2.75, 3.05) is 19.5 Å². The molecule has 29 heavy (non-hydrogen) atoms. The molecule has 2 aromatic carbocycles. The van der Waals surface area contributed by atoms with Crippen LogP contribution >= 0.6 is 11.8 Å². The highest BCUT2D eigenvalue weighted by molar-refractivity contribution is 8.00. The number of thioether (sulfide) groups is 1. The van der Waals surface area contributed by atoms with Gasteiger partial charge in [-0.15, -0.1) is 5.10 Å². The van der Waals surface area contributed by atoms with Crippen molar-refractivity contribution in [2.45, 2.75) is 31.2 Å². The van der Waals surface area contributed by atoms with E-state index in [1.807, 2.05) is 32.9 Å². The normalized spacial score (nSPS) is 11.8. The molecule has 1 atom stereocenters. The third-order valence-corrected chi connectivity index (χ3v) is 5.36. The molecule has 0 fully saturated rings. The van der Waals surface area contributed by atoms with Crippen LogP contribution in [0.1, 0.15) is 18.1 Å². The summed E-state index contributed by atoms with van der Waals surface area (Å²) in [4.78, 5) is 12.7. The fourth-order valence-electron chi connectivity index (χ4n) is 2.82. The van der Waals surface area contributed by atoms with E-state index in [4.69, 9.17) is 9.47 Å². The van der Waals surface area contributed by atoms with Gasteiger partial charge in [0.1, 0.15) is 0 Å². The number of benzene rings is 2. The second kappa shape index (κ2) is 8.95. The maximum atomic E-state index is 12.7. The smallest absolute Gasteiger partial charge is 0.237 e. The van der Waals surface area contributed by atoms with Crippen molar-refractivity contribution >= 4 is 23.4 Å². The molecule has 1 heterocycles. The summed E-state index contributed by atoms with van der Waals surface area (Å²) in [5.41, 5.74) is 3.72. The minimum Gasteiger partial charge on any atom is -0.493 e. The summed E-state index contributed by atoms with van der Waals surface area (Å²) in [6.45, 7) is 5.85. The van der Waals surface area contributed by atoms with Crippen molar-refractivity contribution in [3.8, 4) is 17.2 Å². The molecule has 1 amide bonds. The topological polar surface area (TPSA) is 91.2 Å². The Hall–Kier alpha value is -3.07. The number of methoxy groups -OCH3 is 2. The van der Waals surface area contributed by atoms with Crippen LogP contribution in [0.5, 0.6) is 11.5 Å². The number of rotatable bonds is 7. The molecule has 152 valence electrons. The standard InChI is InChI=1S/C20H23N5O3S/c1-12-6-8-16(13(2)10-12)25-20(22-23-24-25)29-14(3)19(26)21-15-7-9-17(27-4)18(11-15)28-5/h6-11,14H,1-5H3,(H,21,26). The van der Waals surface area contributed by atoms with Gasteiger partial charge in [-0.3, -0.25) is 4.79 Å². The predicted molar refractivity (Wildman–Crippen MR) is 112 cm³/mol. The summed E-state index contributed by atoms with van der Waals surface area (Å²) in [5.74, 6) is 0.974. The van der Waals surface area contributed by atoms with E-state index in [0.717, 1.165) is 16.8 Å². The van der Waals surface area contributed by atoms with Crippen LogP contribution in [-0.4, -0.2) is 45.6 Å². The Bertz CT molecular complexity index is 1020. The largest absolute Gasteiger partial charge is 0.493 e. The van der Waals surface area contributed by atoms with Crippen molar-refractivity contribution in [2.24, 2.45) is 0 Å². The molecule has 9 heteroatoms. The molecule has 3 aromatic rings. The first-order chi connectivity index (χ1) is 13.9. The number of tetrazole rings is 1. The van der Waals surface area contributed by atoms with Crippen LogP contribution in [0.2, 0.25) is 0 Å². The van der Waals surface area contributed by atoms with Crippen molar-refractivity contribution in [1.29, 1.82) is 0 Å². The number of anilines is 1. The van der Waals surface area contributed by atoms with Crippen molar-refractivity contribution in [1.82, 2.24) is 20.2 Å². The summed E-state index contributed by atoms with van der Waals surface area (Å²) in [7, 11) is 3.11. The maximum absolute atomic E-state index is 12.7. The van der Waals surface area contributed by atoms with Gasteiger partial charge in [-0.05, 0) is 55.0 Å². The van der Waals surface area contributed by atoms with Crippen LogP contribution in [0.25, 0.3) is 5.69 Å².